The molecule has 3 aromatic rings. The SMILES string of the molecule is O=C(CSc1ncc(-c2ccc(F)cc2)n1Cc1ccccc1)NCCN1C(=O)CSC1=O. The highest BCUT2D eigenvalue weighted by atomic mass is 32.2. The Morgan fingerprint density at radius 3 is 2.58 bits per heavy atom. The van der Waals surface area contributed by atoms with Crippen LogP contribution in [0.15, 0.2) is 66.0 Å². The Hall–Kier alpha value is -3.11. The molecule has 1 aliphatic heterocycles. The molecule has 0 bridgehead atoms. The molecular weight excluding hydrogens is 463 g/mol. The zero-order valence-electron chi connectivity index (χ0n) is 17.6. The van der Waals surface area contributed by atoms with Crippen LogP contribution in [-0.2, 0) is 16.1 Å². The van der Waals surface area contributed by atoms with E-state index in [0.29, 0.717) is 11.7 Å². The van der Waals surface area contributed by atoms with Crippen LogP contribution in [0.3, 0.4) is 0 Å². The van der Waals surface area contributed by atoms with Gasteiger partial charge in [0.25, 0.3) is 5.24 Å². The number of thioether (sulfide) groups is 2. The molecule has 0 aliphatic carbocycles. The van der Waals surface area contributed by atoms with Gasteiger partial charge in [-0.15, -0.1) is 0 Å². The number of nitrogens with one attached hydrogen (secondary N) is 1. The Bertz CT molecular complexity index is 1140. The lowest BCUT2D eigenvalue weighted by atomic mass is 10.1. The Balaban J connectivity index is 1.42. The van der Waals surface area contributed by atoms with E-state index in [4.69, 9.17) is 0 Å². The van der Waals surface area contributed by atoms with Crippen molar-refractivity contribution in [2.75, 3.05) is 24.6 Å². The first kappa shape index (κ1) is 23.1. The van der Waals surface area contributed by atoms with Gasteiger partial charge in [0, 0.05) is 13.1 Å². The van der Waals surface area contributed by atoms with Gasteiger partial charge in [0.15, 0.2) is 5.16 Å². The number of imidazole rings is 1. The average Bonchev–Trinajstić information content (AvgIpc) is 3.36. The van der Waals surface area contributed by atoms with Crippen LogP contribution in [-0.4, -0.2) is 56.1 Å². The van der Waals surface area contributed by atoms with Gasteiger partial charge < -0.3 is 9.88 Å². The number of imide groups is 1. The Kier molecular flexibility index (Phi) is 7.46. The summed E-state index contributed by atoms with van der Waals surface area (Å²) in [5.41, 5.74) is 2.72. The topological polar surface area (TPSA) is 84.3 Å². The maximum Gasteiger partial charge on any atom is 0.288 e. The number of carbonyl (C=O) groups excluding carboxylic acids is 3. The molecule has 1 N–H and O–H groups in total. The monoisotopic (exact) mass is 484 g/mol. The first-order valence-electron chi connectivity index (χ1n) is 10.2. The van der Waals surface area contributed by atoms with E-state index in [1.165, 1.54) is 23.9 Å². The van der Waals surface area contributed by atoms with Crippen molar-refractivity contribution in [1.82, 2.24) is 19.8 Å². The second-order valence-corrected chi connectivity index (χ2v) is 9.11. The second kappa shape index (κ2) is 10.7. The molecular formula is C23H21FN4O3S2. The normalized spacial score (nSPS) is 13.5. The van der Waals surface area contributed by atoms with Crippen LogP contribution in [0.4, 0.5) is 9.18 Å². The van der Waals surface area contributed by atoms with Crippen molar-refractivity contribution in [1.29, 1.82) is 0 Å². The zero-order valence-corrected chi connectivity index (χ0v) is 19.2. The second-order valence-electron chi connectivity index (χ2n) is 7.24. The number of benzene rings is 2. The zero-order chi connectivity index (χ0) is 23.2. The lowest BCUT2D eigenvalue weighted by molar-refractivity contribution is -0.125. The molecule has 2 heterocycles. The highest BCUT2D eigenvalue weighted by Gasteiger charge is 2.29. The lowest BCUT2D eigenvalue weighted by Gasteiger charge is -2.14. The lowest BCUT2D eigenvalue weighted by Crippen LogP contribution is -2.38. The van der Waals surface area contributed by atoms with E-state index in [9.17, 15) is 18.8 Å². The van der Waals surface area contributed by atoms with Crippen LogP contribution in [0.5, 0.6) is 0 Å². The van der Waals surface area contributed by atoms with E-state index < -0.39 is 0 Å². The predicted molar refractivity (Wildman–Crippen MR) is 126 cm³/mol. The molecule has 1 aliphatic rings. The maximum atomic E-state index is 13.4. The maximum absolute atomic E-state index is 13.4. The summed E-state index contributed by atoms with van der Waals surface area (Å²) in [6.07, 6.45) is 1.72. The molecule has 0 unspecified atom stereocenters. The first-order chi connectivity index (χ1) is 16.0. The van der Waals surface area contributed by atoms with Crippen molar-refractivity contribution in [2.45, 2.75) is 11.7 Å². The van der Waals surface area contributed by atoms with Gasteiger partial charge in [-0.25, -0.2) is 9.37 Å². The van der Waals surface area contributed by atoms with E-state index in [0.717, 1.165) is 33.5 Å². The fourth-order valence-corrected chi connectivity index (χ4v) is 4.89. The van der Waals surface area contributed by atoms with Gasteiger partial charge in [0.05, 0.1) is 29.9 Å². The number of aromatic nitrogens is 2. The van der Waals surface area contributed by atoms with Gasteiger partial charge in [-0.2, -0.15) is 0 Å². The molecule has 1 aromatic heterocycles. The third kappa shape index (κ3) is 5.82. The van der Waals surface area contributed by atoms with Crippen molar-refractivity contribution in [2.24, 2.45) is 0 Å². The highest BCUT2D eigenvalue weighted by Crippen LogP contribution is 2.27. The minimum atomic E-state index is -0.310. The van der Waals surface area contributed by atoms with Crippen LogP contribution in [0.1, 0.15) is 5.56 Å². The number of halogens is 1. The fourth-order valence-electron chi connectivity index (χ4n) is 3.33. The molecule has 2 aromatic carbocycles. The molecule has 4 rings (SSSR count). The Morgan fingerprint density at radius 1 is 1.12 bits per heavy atom. The summed E-state index contributed by atoms with van der Waals surface area (Å²) in [5.74, 6) is -0.474. The van der Waals surface area contributed by atoms with E-state index in [1.807, 2.05) is 34.9 Å². The smallest absolute Gasteiger partial charge is 0.288 e. The molecule has 33 heavy (non-hydrogen) atoms. The standard InChI is InChI=1S/C23H21FN4O3S2/c24-18-8-6-17(7-9-18)19-12-26-22(28(19)13-16-4-2-1-3-5-16)32-14-20(29)25-10-11-27-21(30)15-33-23(27)31/h1-9,12H,10-11,13-15H2,(H,25,29). The van der Waals surface area contributed by atoms with Gasteiger partial charge in [-0.3, -0.25) is 19.3 Å². The Labute approximate surface area is 198 Å². The van der Waals surface area contributed by atoms with Crippen molar-refractivity contribution < 1.29 is 18.8 Å². The molecule has 10 heteroatoms. The minimum absolute atomic E-state index is 0.130. The molecule has 0 radical (unpaired) electrons. The van der Waals surface area contributed by atoms with E-state index >= 15 is 0 Å². The summed E-state index contributed by atoms with van der Waals surface area (Å²) in [5, 5.41) is 3.12. The number of rotatable bonds is 9. The van der Waals surface area contributed by atoms with Gasteiger partial charge in [-0.05, 0) is 35.4 Å². The van der Waals surface area contributed by atoms with E-state index in [-0.39, 0.29) is 47.5 Å². The summed E-state index contributed by atoms with van der Waals surface area (Å²) in [4.78, 5) is 41.2. The molecule has 170 valence electrons. The van der Waals surface area contributed by atoms with Crippen LogP contribution >= 0.6 is 23.5 Å². The molecule has 7 nitrogen and oxygen atoms in total. The van der Waals surface area contributed by atoms with Gasteiger partial charge >= 0.3 is 0 Å². The van der Waals surface area contributed by atoms with E-state index in [1.54, 1.807) is 18.3 Å². The predicted octanol–water partition coefficient (Wildman–Crippen LogP) is 3.64. The van der Waals surface area contributed by atoms with Crippen LogP contribution in [0.2, 0.25) is 0 Å². The highest BCUT2D eigenvalue weighted by molar-refractivity contribution is 8.14. The first-order valence-corrected chi connectivity index (χ1v) is 12.2. The number of amides is 3. The van der Waals surface area contributed by atoms with E-state index in [2.05, 4.69) is 10.3 Å². The summed E-state index contributed by atoms with van der Waals surface area (Å²) in [6.45, 7) is 0.920. The quantitative estimate of drug-likeness (QED) is 0.467. The summed E-state index contributed by atoms with van der Waals surface area (Å²) >= 11 is 2.26. The minimum Gasteiger partial charge on any atom is -0.354 e. The average molecular weight is 485 g/mol. The number of hydrogen-bond donors (Lipinski definition) is 1. The van der Waals surface area contributed by atoms with Crippen molar-refractivity contribution >= 4 is 40.6 Å². The summed E-state index contributed by atoms with van der Waals surface area (Å²) < 4.78 is 15.4. The molecule has 0 saturated carbocycles. The molecule has 3 amide bonds. The van der Waals surface area contributed by atoms with Crippen LogP contribution in [0.25, 0.3) is 11.3 Å². The number of hydrogen-bond acceptors (Lipinski definition) is 6. The van der Waals surface area contributed by atoms with Crippen molar-refractivity contribution in [3.05, 3.63) is 72.2 Å². The van der Waals surface area contributed by atoms with Crippen molar-refractivity contribution in [3.8, 4) is 11.3 Å². The largest absolute Gasteiger partial charge is 0.354 e. The summed E-state index contributed by atoms with van der Waals surface area (Å²) in [7, 11) is 0. The fraction of sp³-hybridized carbons (Fsp3) is 0.217. The molecule has 1 saturated heterocycles. The molecule has 0 spiro atoms. The van der Waals surface area contributed by atoms with Gasteiger partial charge in [0.1, 0.15) is 5.82 Å². The van der Waals surface area contributed by atoms with Crippen LogP contribution < -0.4 is 5.32 Å². The van der Waals surface area contributed by atoms with Gasteiger partial charge in [0.2, 0.25) is 11.8 Å². The molecule has 0 atom stereocenters. The van der Waals surface area contributed by atoms with Gasteiger partial charge in [-0.1, -0.05) is 53.9 Å². The number of carbonyl (C=O) groups is 3. The van der Waals surface area contributed by atoms with Crippen molar-refractivity contribution in [3.63, 3.8) is 0 Å². The third-order valence-electron chi connectivity index (χ3n) is 4.97. The van der Waals surface area contributed by atoms with Crippen LogP contribution in [0, 0.1) is 5.82 Å². The Morgan fingerprint density at radius 2 is 1.88 bits per heavy atom. The molecule has 1 fully saturated rings. The third-order valence-corrected chi connectivity index (χ3v) is 6.82. The number of nitrogens with zero attached hydrogens (tertiary/aromatic N) is 3. The summed E-state index contributed by atoms with van der Waals surface area (Å²) in [6, 6.07) is 16.1.